The van der Waals surface area contributed by atoms with Crippen LogP contribution in [0.15, 0.2) is 30.0 Å². The van der Waals surface area contributed by atoms with E-state index in [4.69, 9.17) is 33.0 Å². The van der Waals surface area contributed by atoms with Crippen molar-refractivity contribution in [2.75, 3.05) is 6.54 Å². The number of carbonyl (C=O) groups excluding carboxylic acids is 1. The van der Waals surface area contributed by atoms with E-state index in [0.29, 0.717) is 10.6 Å². The van der Waals surface area contributed by atoms with Crippen molar-refractivity contribution < 1.29 is 23.7 Å². The SMILES string of the molecule is CCNC(=O)C(OP(=O)(O)O)=C(Cl)c1ccc(Cl)cc1. The number of hydrogen-bond acceptors (Lipinski definition) is 3. The topological polar surface area (TPSA) is 95.9 Å². The monoisotopic (exact) mass is 339 g/mol. The molecule has 20 heavy (non-hydrogen) atoms. The highest BCUT2D eigenvalue weighted by molar-refractivity contribution is 7.46. The van der Waals surface area contributed by atoms with Gasteiger partial charge in [0.2, 0.25) is 5.76 Å². The molecular weight excluding hydrogens is 328 g/mol. The smallest absolute Gasteiger partial charge is 0.397 e. The third-order valence-electron chi connectivity index (χ3n) is 2.05. The Labute approximate surface area is 125 Å². The minimum absolute atomic E-state index is 0.226. The molecule has 0 aliphatic heterocycles. The Kier molecular flexibility index (Phi) is 6.05. The third-order valence-corrected chi connectivity index (χ3v) is 3.11. The Morgan fingerprint density at radius 3 is 2.35 bits per heavy atom. The molecular formula is C11H12Cl2NO5P. The summed E-state index contributed by atoms with van der Waals surface area (Å²) in [5.41, 5.74) is 0.339. The van der Waals surface area contributed by atoms with Gasteiger partial charge in [0.15, 0.2) is 0 Å². The minimum Gasteiger partial charge on any atom is -0.397 e. The number of carbonyl (C=O) groups is 1. The Bertz CT molecular complexity index is 567. The van der Waals surface area contributed by atoms with E-state index in [0.717, 1.165) is 0 Å². The Morgan fingerprint density at radius 2 is 1.90 bits per heavy atom. The average molecular weight is 340 g/mol. The second-order valence-corrected chi connectivity index (χ2v) is 5.57. The van der Waals surface area contributed by atoms with E-state index in [1.54, 1.807) is 6.92 Å². The number of rotatable bonds is 5. The maximum Gasteiger partial charge on any atom is 0.525 e. The maximum absolute atomic E-state index is 11.8. The van der Waals surface area contributed by atoms with E-state index in [9.17, 15) is 9.36 Å². The lowest BCUT2D eigenvalue weighted by molar-refractivity contribution is -0.119. The van der Waals surface area contributed by atoms with E-state index in [-0.39, 0.29) is 11.6 Å². The molecule has 6 nitrogen and oxygen atoms in total. The molecule has 0 fully saturated rings. The van der Waals surface area contributed by atoms with Crippen molar-refractivity contribution in [1.29, 1.82) is 0 Å². The fourth-order valence-corrected chi connectivity index (χ4v) is 2.11. The fourth-order valence-electron chi connectivity index (χ4n) is 1.27. The number of benzene rings is 1. The molecule has 0 aliphatic rings. The molecule has 110 valence electrons. The molecule has 9 heteroatoms. The van der Waals surface area contributed by atoms with Crippen LogP contribution in [0.25, 0.3) is 5.03 Å². The standard InChI is InChI=1S/C11H12Cl2NO5P/c1-2-14-11(15)10(19-20(16,17)18)9(13)7-3-5-8(12)6-4-7/h3-6H,2H2,1H3,(H,14,15)(H2,16,17,18). The molecule has 0 unspecified atom stereocenters. The summed E-state index contributed by atoms with van der Waals surface area (Å²) in [6.07, 6.45) is 0. The van der Waals surface area contributed by atoms with Gasteiger partial charge in [-0.1, -0.05) is 35.3 Å². The van der Waals surface area contributed by atoms with E-state index in [1.807, 2.05) is 0 Å². The highest BCUT2D eigenvalue weighted by Crippen LogP contribution is 2.41. The molecule has 0 spiro atoms. The normalized spacial score (nSPS) is 12.7. The lowest BCUT2D eigenvalue weighted by Gasteiger charge is -2.13. The first-order valence-electron chi connectivity index (χ1n) is 5.43. The zero-order valence-corrected chi connectivity index (χ0v) is 12.7. The van der Waals surface area contributed by atoms with Crippen molar-refractivity contribution >= 4 is 42.0 Å². The highest BCUT2D eigenvalue weighted by Gasteiger charge is 2.26. The van der Waals surface area contributed by atoms with Gasteiger partial charge in [-0.3, -0.25) is 14.6 Å². The summed E-state index contributed by atoms with van der Waals surface area (Å²) in [5.74, 6) is -1.47. The highest BCUT2D eigenvalue weighted by atomic mass is 35.5. The average Bonchev–Trinajstić information content (AvgIpc) is 2.35. The van der Waals surface area contributed by atoms with E-state index in [2.05, 4.69) is 9.84 Å². The molecule has 0 heterocycles. The fraction of sp³-hybridized carbons (Fsp3) is 0.182. The number of halogens is 2. The Balaban J connectivity index is 3.24. The molecule has 0 bridgehead atoms. The van der Waals surface area contributed by atoms with Crippen LogP contribution in [0.4, 0.5) is 0 Å². The summed E-state index contributed by atoms with van der Waals surface area (Å²) in [7, 11) is -4.91. The summed E-state index contributed by atoms with van der Waals surface area (Å²) < 4.78 is 15.3. The zero-order chi connectivity index (χ0) is 15.3. The minimum atomic E-state index is -4.91. The van der Waals surface area contributed by atoms with Gasteiger partial charge in [0, 0.05) is 11.6 Å². The van der Waals surface area contributed by atoms with Crippen molar-refractivity contribution in [2.45, 2.75) is 6.92 Å². The predicted octanol–water partition coefficient (Wildman–Crippen LogP) is 2.49. The van der Waals surface area contributed by atoms with Crippen LogP contribution in [0.2, 0.25) is 5.02 Å². The molecule has 1 aromatic rings. The van der Waals surface area contributed by atoms with Crippen LogP contribution < -0.4 is 5.32 Å². The number of phosphoric ester groups is 1. The van der Waals surface area contributed by atoms with Gasteiger partial charge in [-0.05, 0) is 24.6 Å². The van der Waals surface area contributed by atoms with Gasteiger partial charge in [-0.15, -0.1) is 0 Å². The molecule has 0 saturated carbocycles. The zero-order valence-electron chi connectivity index (χ0n) is 10.3. The number of likely N-dealkylation sites (N-methyl/N-ethyl adjacent to an activating group) is 1. The Morgan fingerprint density at radius 1 is 1.35 bits per heavy atom. The van der Waals surface area contributed by atoms with Gasteiger partial charge < -0.3 is 9.84 Å². The molecule has 0 aromatic heterocycles. The van der Waals surface area contributed by atoms with Gasteiger partial charge in [0.25, 0.3) is 5.91 Å². The van der Waals surface area contributed by atoms with Gasteiger partial charge in [-0.2, -0.15) is 0 Å². The maximum atomic E-state index is 11.8. The van der Waals surface area contributed by atoms with E-state index < -0.39 is 19.5 Å². The molecule has 1 aromatic carbocycles. The van der Waals surface area contributed by atoms with Crippen LogP contribution in [-0.2, 0) is 13.9 Å². The molecule has 0 radical (unpaired) electrons. The second kappa shape index (κ2) is 7.11. The summed E-state index contributed by atoms with van der Waals surface area (Å²) in [6.45, 7) is 1.89. The molecule has 0 aliphatic carbocycles. The van der Waals surface area contributed by atoms with Crippen LogP contribution in [-0.4, -0.2) is 22.2 Å². The van der Waals surface area contributed by atoms with Crippen molar-refractivity contribution in [1.82, 2.24) is 5.32 Å². The molecule has 0 atom stereocenters. The number of nitrogens with one attached hydrogen (secondary N) is 1. The van der Waals surface area contributed by atoms with E-state index >= 15 is 0 Å². The van der Waals surface area contributed by atoms with Crippen LogP contribution in [0.1, 0.15) is 12.5 Å². The number of amides is 1. The largest absolute Gasteiger partial charge is 0.525 e. The molecule has 3 N–H and O–H groups in total. The second-order valence-electron chi connectivity index (χ2n) is 3.59. The van der Waals surface area contributed by atoms with Gasteiger partial charge in [-0.25, -0.2) is 4.57 Å². The van der Waals surface area contributed by atoms with Crippen LogP contribution in [0.3, 0.4) is 0 Å². The van der Waals surface area contributed by atoms with Crippen molar-refractivity contribution in [3.63, 3.8) is 0 Å². The first-order chi connectivity index (χ1) is 9.24. The van der Waals surface area contributed by atoms with Gasteiger partial charge in [0.05, 0.1) is 5.03 Å². The van der Waals surface area contributed by atoms with Crippen molar-refractivity contribution in [2.24, 2.45) is 0 Å². The summed E-state index contributed by atoms with van der Waals surface area (Å²) in [6, 6.07) is 6.03. The van der Waals surface area contributed by atoms with Crippen LogP contribution >= 0.6 is 31.0 Å². The van der Waals surface area contributed by atoms with Gasteiger partial charge >= 0.3 is 7.82 Å². The molecule has 0 saturated heterocycles. The van der Waals surface area contributed by atoms with Crippen molar-refractivity contribution in [3.8, 4) is 0 Å². The predicted molar refractivity (Wildman–Crippen MR) is 76.0 cm³/mol. The Hall–Kier alpha value is -1.04. The summed E-state index contributed by atoms with van der Waals surface area (Å²) in [4.78, 5) is 29.4. The lowest BCUT2D eigenvalue weighted by Crippen LogP contribution is -2.25. The van der Waals surface area contributed by atoms with Gasteiger partial charge in [0.1, 0.15) is 0 Å². The molecule has 1 amide bonds. The van der Waals surface area contributed by atoms with E-state index in [1.165, 1.54) is 24.3 Å². The first-order valence-corrected chi connectivity index (χ1v) is 7.72. The first kappa shape index (κ1) is 17.0. The summed E-state index contributed by atoms with van der Waals surface area (Å²) >= 11 is 11.7. The quantitative estimate of drug-likeness (QED) is 0.435. The van der Waals surface area contributed by atoms with Crippen LogP contribution in [0.5, 0.6) is 0 Å². The van der Waals surface area contributed by atoms with Crippen LogP contribution in [0, 0.1) is 0 Å². The third kappa shape index (κ3) is 5.15. The number of phosphoric acid groups is 1. The van der Waals surface area contributed by atoms with Crippen molar-refractivity contribution in [3.05, 3.63) is 40.6 Å². The molecule has 1 rings (SSSR count). The number of hydrogen-bond donors (Lipinski definition) is 3. The summed E-state index contributed by atoms with van der Waals surface area (Å²) in [5, 5.41) is 2.58. The lowest BCUT2D eigenvalue weighted by atomic mass is 10.2.